The monoisotopic (exact) mass is 324 g/mol. The summed E-state index contributed by atoms with van der Waals surface area (Å²) < 4.78 is 1.07. The van der Waals surface area contributed by atoms with Crippen molar-refractivity contribution in [2.45, 2.75) is 32.3 Å². The molecule has 0 bridgehead atoms. The summed E-state index contributed by atoms with van der Waals surface area (Å²) in [6.45, 7) is 2.16. The van der Waals surface area contributed by atoms with Crippen LogP contribution < -0.4 is 0 Å². The molecule has 0 spiro atoms. The van der Waals surface area contributed by atoms with Gasteiger partial charge in [0.2, 0.25) is 0 Å². The minimum Gasteiger partial charge on any atom is -0.392 e. The van der Waals surface area contributed by atoms with Crippen LogP contribution in [0.15, 0.2) is 40.9 Å². The largest absolute Gasteiger partial charge is 0.392 e. The lowest BCUT2D eigenvalue weighted by atomic mass is 10.1. The Kier molecular flexibility index (Phi) is 4.98. The molecule has 18 heavy (non-hydrogen) atoms. The van der Waals surface area contributed by atoms with E-state index in [-0.39, 0.29) is 6.10 Å². The Hall–Kier alpha value is -0.640. The van der Waals surface area contributed by atoms with Gasteiger partial charge in [0.05, 0.1) is 6.10 Å². The molecule has 96 valence electrons. The van der Waals surface area contributed by atoms with Crippen LogP contribution in [0.2, 0.25) is 0 Å². The van der Waals surface area contributed by atoms with Gasteiger partial charge in [0, 0.05) is 20.6 Å². The molecular formula is C15H17BrOS. The van der Waals surface area contributed by atoms with E-state index in [0.29, 0.717) is 6.42 Å². The minimum atomic E-state index is -0.303. The molecule has 1 atom stereocenters. The first kappa shape index (κ1) is 13.8. The molecule has 0 amide bonds. The molecule has 0 aliphatic rings. The average molecular weight is 325 g/mol. The number of aryl methyl sites for hydroxylation is 1. The molecule has 1 aromatic heterocycles. The van der Waals surface area contributed by atoms with Crippen LogP contribution in [0.1, 0.15) is 22.2 Å². The van der Waals surface area contributed by atoms with E-state index in [2.05, 4.69) is 47.1 Å². The molecule has 1 heterocycles. The molecule has 1 N–H and O–H groups in total. The van der Waals surface area contributed by atoms with Crippen LogP contribution in [0.3, 0.4) is 0 Å². The Labute approximate surface area is 121 Å². The standard InChI is InChI=1S/C15H17BrOS/c1-2-14-6-7-15(18-14)10-13(17)9-11-4-3-5-12(16)8-11/h3-8,13,17H,2,9-10H2,1H3. The molecule has 3 heteroatoms. The topological polar surface area (TPSA) is 20.2 Å². The summed E-state index contributed by atoms with van der Waals surface area (Å²) in [6.07, 6.45) is 2.23. The van der Waals surface area contributed by atoms with E-state index in [1.165, 1.54) is 15.3 Å². The maximum Gasteiger partial charge on any atom is 0.0628 e. The van der Waals surface area contributed by atoms with Crippen molar-refractivity contribution in [1.29, 1.82) is 0 Å². The van der Waals surface area contributed by atoms with E-state index in [1.807, 2.05) is 12.1 Å². The van der Waals surface area contributed by atoms with Crippen LogP contribution in [0.4, 0.5) is 0 Å². The maximum atomic E-state index is 10.1. The molecule has 0 saturated carbocycles. The van der Waals surface area contributed by atoms with E-state index in [4.69, 9.17) is 0 Å². The first-order valence-corrected chi connectivity index (χ1v) is 7.78. The van der Waals surface area contributed by atoms with Crippen molar-refractivity contribution < 1.29 is 5.11 Å². The van der Waals surface area contributed by atoms with Gasteiger partial charge in [-0.15, -0.1) is 11.3 Å². The quantitative estimate of drug-likeness (QED) is 0.873. The van der Waals surface area contributed by atoms with Crippen molar-refractivity contribution >= 4 is 27.3 Å². The number of hydrogen-bond acceptors (Lipinski definition) is 2. The van der Waals surface area contributed by atoms with E-state index >= 15 is 0 Å². The Morgan fingerprint density at radius 3 is 2.61 bits per heavy atom. The van der Waals surface area contributed by atoms with Gasteiger partial charge in [-0.1, -0.05) is 35.0 Å². The highest BCUT2D eigenvalue weighted by Crippen LogP contribution is 2.20. The Balaban J connectivity index is 1.94. The highest BCUT2D eigenvalue weighted by molar-refractivity contribution is 9.10. The third-order valence-electron chi connectivity index (χ3n) is 2.86. The molecule has 0 aliphatic carbocycles. The van der Waals surface area contributed by atoms with E-state index in [0.717, 1.165) is 17.3 Å². The molecule has 1 nitrogen and oxygen atoms in total. The molecule has 1 unspecified atom stereocenters. The normalized spacial score (nSPS) is 12.6. The Bertz CT molecular complexity index is 507. The number of thiophene rings is 1. The minimum absolute atomic E-state index is 0.303. The number of rotatable bonds is 5. The summed E-state index contributed by atoms with van der Waals surface area (Å²) in [6, 6.07) is 12.4. The lowest BCUT2D eigenvalue weighted by molar-refractivity contribution is 0.176. The van der Waals surface area contributed by atoms with Gasteiger partial charge in [-0.05, 0) is 42.7 Å². The van der Waals surface area contributed by atoms with Gasteiger partial charge < -0.3 is 5.11 Å². The highest BCUT2D eigenvalue weighted by Gasteiger charge is 2.09. The Morgan fingerprint density at radius 2 is 1.94 bits per heavy atom. The van der Waals surface area contributed by atoms with Crippen molar-refractivity contribution in [2.24, 2.45) is 0 Å². The number of hydrogen-bond donors (Lipinski definition) is 1. The summed E-state index contributed by atoms with van der Waals surface area (Å²) >= 11 is 5.26. The molecule has 1 aromatic carbocycles. The summed E-state index contributed by atoms with van der Waals surface area (Å²) in [4.78, 5) is 2.66. The summed E-state index contributed by atoms with van der Waals surface area (Å²) in [5.74, 6) is 0. The number of halogens is 1. The van der Waals surface area contributed by atoms with Crippen molar-refractivity contribution in [2.75, 3.05) is 0 Å². The summed E-state index contributed by atoms with van der Waals surface area (Å²) in [5.41, 5.74) is 1.17. The summed E-state index contributed by atoms with van der Waals surface area (Å²) in [5, 5.41) is 10.1. The number of aliphatic hydroxyl groups is 1. The predicted octanol–water partition coefficient (Wildman–Crippen LogP) is 4.22. The second-order valence-electron chi connectivity index (χ2n) is 4.41. The third kappa shape index (κ3) is 3.94. The highest BCUT2D eigenvalue weighted by atomic mass is 79.9. The Morgan fingerprint density at radius 1 is 1.17 bits per heavy atom. The lowest BCUT2D eigenvalue weighted by Crippen LogP contribution is -2.13. The van der Waals surface area contributed by atoms with Gasteiger partial charge in [-0.25, -0.2) is 0 Å². The van der Waals surface area contributed by atoms with Crippen LogP contribution >= 0.6 is 27.3 Å². The zero-order valence-corrected chi connectivity index (χ0v) is 12.8. The molecule has 0 aliphatic heterocycles. The second-order valence-corrected chi connectivity index (χ2v) is 6.58. The van der Waals surface area contributed by atoms with Crippen molar-refractivity contribution in [3.05, 3.63) is 56.2 Å². The fourth-order valence-electron chi connectivity index (χ4n) is 1.96. The summed E-state index contributed by atoms with van der Waals surface area (Å²) in [7, 11) is 0. The van der Waals surface area contributed by atoms with Crippen LogP contribution in [-0.4, -0.2) is 11.2 Å². The van der Waals surface area contributed by atoms with E-state index < -0.39 is 0 Å². The first-order chi connectivity index (χ1) is 8.67. The first-order valence-electron chi connectivity index (χ1n) is 6.17. The number of benzene rings is 1. The van der Waals surface area contributed by atoms with Crippen LogP contribution in [0.25, 0.3) is 0 Å². The zero-order valence-electron chi connectivity index (χ0n) is 10.4. The smallest absolute Gasteiger partial charge is 0.0628 e. The van der Waals surface area contributed by atoms with Gasteiger partial charge >= 0.3 is 0 Å². The van der Waals surface area contributed by atoms with E-state index in [9.17, 15) is 5.11 Å². The maximum absolute atomic E-state index is 10.1. The molecule has 0 saturated heterocycles. The van der Waals surface area contributed by atoms with Gasteiger partial charge in [0.15, 0.2) is 0 Å². The van der Waals surface area contributed by atoms with Gasteiger partial charge in [-0.3, -0.25) is 0 Å². The van der Waals surface area contributed by atoms with Gasteiger partial charge in [0.25, 0.3) is 0 Å². The van der Waals surface area contributed by atoms with Crippen LogP contribution in [-0.2, 0) is 19.3 Å². The van der Waals surface area contributed by atoms with Gasteiger partial charge in [-0.2, -0.15) is 0 Å². The SMILES string of the molecule is CCc1ccc(CC(O)Cc2cccc(Br)c2)s1. The van der Waals surface area contributed by atoms with Crippen LogP contribution in [0.5, 0.6) is 0 Å². The average Bonchev–Trinajstić information content (AvgIpc) is 2.76. The fourth-order valence-corrected chi connectivity index (χ4v) is 3.44. The van der Waals surface area contributed by atoms with Gasteiger partial charge in [0.1, 0.15) is 0 Å². The van der Waals surface area contributed by atoms with Crippen molar-refractivity contribution in [3.8, 4) is 0 Å². The fraction of sp³-hybridized carbons (Fsp3) is 0.333. The molecule has 2 rings (SSSR count). The van der Waals surface area contributed by atoms with Crippen molar-refractivity contribution in [1.82, 2.24) is 0 Å². The number of aliphatic hydroxyl groups excluding tert-OH is 1. The van der Waals surface area contributed by atoms with Crippen LogP contribution in [0, 0.1) is 0 Å². The third-order valence-corrected chi connectivity index (χ3v) is 4.61. The molecule has 0 radical (unpaired) electrons. The van der Waals surface area contributed by atoms with E-state index in [1.54, 1.807) is 11.3 Å². The molecular weight excluding hydrogens is 308 g/mol. The predicted molar refractivity (Wildman–Crippen MR) is 81.3 cm³/mol. The lowest BCUT2D eigenvalue weighted by Gasteiger charge is -2.09. The van der Waals surface area contributed by atoms with Crippen molar-refractivity contribution in [3.63, 3.8) is 0 Å². The zero-order chi connectivity index (χ0) is 13.0. The molecule has 0 fully saturated rings. The second kappa shape index (κ2) is 6.50. The molecule has 2 aromatic rings.